The van der Waals surface area contributed by atoms with Gasteiger partial charge < -0.3 is 11.5 Å². The Morgan fingerprint density at radius 3 is 2.56 bits per heavy atom. The third-order valence-corrected chi connectivity index (χ3v) is 2.67. The summed E-state index contributed by atoms with van der Waals surface area (Å²) in [5, 5.41) is 0. The molecule has 1 aromatic heterocycles. The Kier molecular flexibility index (Phi) is 3.28. The SMILES string of the molecule is Cc1ccnc(-c2ccc(C)c(N=C(N)N)c2)c1. The number of nitrogens with two attached hydrogens (primary N) is 2. The van der Waals surface area contributed by atoms with Gasteiger partial charge in [0.05, 0.1) is 11.4 Å². The van der Waals surface area contributed by atoms with Crippen LogP contribution in [0.1, 0.15) is 11.1 Å². The zero-order chi connectivity index (χ0) is 13.1. The molecule has 4 heteroatoms. The highest BCUT2D eigenvalue weighted by atomic mass is 15.0. The smallest absolute Gasteiger partial charge is 0.191 e. The van der Waals surface area contributed by atoms with E-state index >= 15 is 0 Å². The molecule has 0 amide bonds. The fourth-order valence-electron chi connectivity index (χ4n) is 1.72. The zero-order valence-corrected chi connectivity index (χ0v) is 10.5. The highest BCUT2D eigenvalue weighted by Crippen LogP contribution is 2.26. The molecule has 0 aliphatic rings. The molecule has 4 nitrogen and oxygen atoms in total. The number of aromatic nitrogens is 1. The molecule has 0 aliphatic heterocycles. The number of hydrogen-bond acceptors (Lipinski definition) is 2. The summed E-state index contributed by atoms with van der Waals surface area (Å²) in [6, 6.07) is 9.94. The molecule has 4 N–H and O–H groups in total. The normalized spacial score (nSPS) is 10.1. The fourth-order valence-corrected chi connectivity index (χ4v) is 1.72. The maximum Gasteiger partial charge on any atom is 0.191 e. The van der Waals surface area contributed by atoms with Gasteiger partial charge in [0.2, 0.25) is 0 Å². The van der Waals surface area contributed by atoms with Crippen LogP contribution in [0.2, 0.25) is 0 Å². The van der Waals surface area contributed by atoms with Gasteiger partial charge in [-0.1, -0.05) is 12.1 Å². The lowest BCUT2D eigenvalue weighted by Crippen LogP contribution is -2.22. The Morgan fingerprint density at radius 2 is 1.89 bits per heavy atom. The van der Waals surface area contributed by atoms with Crippen LogP contribution in [-0.2, 0) is 0 Å². The molecule has 1 aromatic carbocycles. The van der Waals surface area contributed by atoms with E-state index in [1.807, 2.05) is 44.2 Å². The minimum absolute atomic E-state index is 0.0625. The van der Waals surface area contributed by atoms with E-state index in [9.17, 15) is 0 Å². The molecular formula is C14H16N4. The topological polar surface area (TPSA) is 77.3 Å². The molecule has 0 aliphatic carbocycles. The average Bonchev–Trinajstić information content (AvgIpc) is 2.31. The maximum atomic E-state index is 5.42. The van der Waals surface area contributed by atoms with Crippen molar-refractivity contribution in [3.63, 3.8) is 0 Å². The van der Waals surface area contributed by atoms with Gasteiger partial charge in [-0.25, -0.2) is 4.99 Å². The van der Waals surface area contributed by atoms with Gasteiger partial charge in [0.15, 0.2) is 5.96 Å². The van der Waals surface area contributed by atoms with E-state index in [2.05, 4.69) is 9.98 Å². The van der Waals surface area contributed by atoms with E-state index in [1.54, 1.807) is 6.20 Å². The second-order valence-electron chi connectivity index (χ2n) is 4.26. The van der Waals surface area contributed by atoms with Gasteiger partial charge >= 0.3 is 0 Å². The second kappa shape index (κ2) is 4.87. The van der Waals surface area contributed by atoms with Gasteiger partial charge in [-0.15, -0.1) is 0 Å². The van der Waals surface area contributed by atoms with Gasteiger partial charge in [-0.05, 0) is 43.2 Å². The highest BCUT2D eigenvalue weighted by molar-refractivity contribution is 5.80. The molecule has 2 rings (SSSR count). The lowest BCUT2D eigenvalue weighted by Gasteiger charge is -2.06. The number of benzene rings is 1. The quantitative estimate of drug-likeness (QED) is 0.624. The van der Waals surface area contributed by atoms with Crippen molar-refractivity contribution in [2.24, 2.45) is 16.5 Å². The van der Waals surface area contributed by atoms with E-state index in [1.165, 1.54) is 5.56 Å². The van der Waals surface area contributed by atoms with Crippen LogP contribution in [0.4, 0.5) is 5.69 Å². The number of guanidine groups is 1. The van der Waals surface area contributed by atoms with Crippen LogP contribution in [0, 0.1) is 13.8 Å². The lowest BCUT2D eigenvalue weighted by molar-refractivity contribution is 1.28. The van der Waals surface area contributed by atoms with Crippen molar-refractivity contribution in [2.45, 2.75) is 13.8 Å². The molecule has 0 atom stereocenters. The Balaban J connectivity index is 2.50. The van der Waals surface area contributed by atoms with Gasteiger partial charge in [-0.2, -0.15) is 0 Å². The molecule has 2 aromatic rings. The summed E-state index contributed by atoms with van der Waals surface area (Å²) in [4.78, 5) is 8.46. The maximum absolute atomic E-state index is 5.42. The minimum atomic E-state index is 0.0625. The summed E-state index contributed by atoms with van der Waals surface area (Å²) >= 11 is 0. The first-order chi connectivity index (χ1) is 8.56. The first-order valence-electron chi connectivity index (χ1n) is 5.69. The minimum Gasteiger partial charge on any atom is -0.370 e. The number of aryl methyl sites for hydroxylation is 2. The van der Waals surface area contributed by atoms with Crippen LogP contribution in [-0.4, -0.2) is 10.9 Å². The standard InChI is InChI=1S/C14H16N4/c1-9-5-6-17-13(7-9)11-4-3-10(2)12(8-11)18-14(15)16/h3-8H,1-2H3,(H4,15,16,18). The van der Waals surface area contributed by atoms with Crippen LogP contribution < -0.4 is 11.5 Å². The predicted molar refractivity (Wildman–Crippen MR) is 74.6 cm³/mol. The summed E-state index contributed by atoms with van der Waals surface area (Å²) in [7, 11) is 0. The van der Waals surface area contributed by atoms with Crippen molar-refractivity contribution in [1.29, 1.82) is 0 Å². The number of rotatable bonds is 2. The van der Waals surface area contributed by atoms with Crippen molar-refractivity contribution < 1.29 is 0 Å². The third kappa shape index (κ3) is 2.66. The first-order valence-corrected chi connectivity index (χ1v) is 5.69. The zero-order valence-electron chi connectivity index (χ0n) is 10.5. The number of nitrogens with zero attached hydrogens (tertiary/aromatic N) is 2. The predicted octanol–water partition coefficient (Wildman–Crippen LogP) is 2.27. The molecule has 0 fully saturated rings. The largest absolute Gasteiger partial charge is 0.370 e. The lowest BCUT2D eigenvalue weighted by atomic mass is 10.1. The van der Waals surface area contributed by atoms with Crippen LogP contribution in [0.3, 0.4) is 0 Å². The van der Waals surface area contributed by atoms with E-state index in [4.69, 9.17) is 11.5 Å². The Bertz CT molecular complexity index is 598. The van der Waals surface area contributed by atoms with Crippen molar-refractivity contribution in [3.8, 4) is 11.3 Å². The van der Waals surface area contributed by atoms with Gasteiger partial charge in [0, 0.05) is 11.8 Å². The summed E-state index contributed by atoms with van der Waals surface area (Å²) in [6.07, 6.45) is 1.80. The average molecular weight is 240 g/mol. The van der Waals surface area contributed by atoms with Crippen LogP contribution in [0.25, 0.3) is 11.3 Å². The molecular weight excluding hydrogens is 224 g/mol. The molecule has 0 saturated carbocycles. The van der Waals surface area contributed by atoms with Gasteiger partial charge in [0.1, 0.15) is 0 Å². The van der Waals surface area contributed by atoms with Gasteiger partial charge in [-0.3, -0.25) is 4.98 Å². The summed E-state index contributed by atoms with van der Waals surface area (Å²) in [5.41, 5.74) is 15.7. The van der Waals surface area contributed by atoms with Crippen molar-refractivity contribution in [3.05, 3.63) is 47.7 Å². The summed E-state index contributed by atoms with van der Waals surface area (Å²) in [5.74, 6) is 0.0625. The van der Waals surface area contributed by atoms with E-state index in [-0.39, 0.29) is 5.96 Å². The Labute approximate surface area is 106 Å². The Morgan fingerprint density at radius 1 is 1.11 bits per heavy atom. The highest BCUT2D eigenvalue weighted by Gasteiger charge is 2.03. The third-order valence-electron chi connectivity index (χ3n) is 2.67. The first kappa shape index (κ1) is 12.1. The van der Waals surface area contributed by atoms with Gasteiger partial charge in [0.25, 0.3) is 0 Å². The molecule has 0 spiro atoms. The number of pyridine rings is 1. The fraction of sp³-hybridized carbons (Fsp3) is 0.143. The van der Waals surface area contributed by atoms with Crippen LogP contribution >= 0.6 is 0 Å². The van der Waals surface area contributed by atoms with Crippen LogP contribution in [0.15, 0.2) is 41.5 Å². The van der Waals surface area contributed by atoms with Crippen molar-refractivity contribution in [2.75, 3.05) is 0 Å². The molecule has 0 unspecified atom stereocenters. The van der Waals surface area contributed by atoms with Crippen LogP contribution in [0.5, 0.6) is 0 Å². The van der Waals surface area contributed by atoms with Crippen molar-refractivity contribution in [1.82, 2.24) is 4.98 Å². The monoisotopic (exact) mass is 240 g/mol. The molecule has 92 valence electrons. The molecule has 0 saturated heterocycles. The summed E-state index contributed by atoms with van der Waals surface area (Å²) in [6.45, 7) is 4.01. The molecule has 0 bridgehead atoms. The van der Waals surface area contributed by atoms with E-state index in [0.29, 0.717) is 0 Å². The second-order valence-corrected chi connectivity index (χ2v) is 4.26. The molecule has 1 heterocycles. The molecule has 18 heavy (non-hydrogen) atoms. The van der Waals surface area contributed by atoms with E-state index in [0.717, 1.165) is 22.5 Å². The van der Waals surface area contributed by atoms with E-state index < -0.39 is 0 Å². The number of aliphatic imine (C=N–C) groups is 1. The van der Waals surface area contributed by atoms with Crippen molar-refractivity contribution >= 4 is 11.6 Å². The summed E-state index contributed by atoms with van der Waals surface area (Å²) < 4.78 is 0. The number of hydrogen-bond donors (Lipinski definition) is 2. The molecule has 0 radical (unpaired) electrons. The Hall–Kier alpha value is -2.36.